The Hall–Kier alpha value is -3.34. The number of aryl methyl sites for hydroxylation is 2. The van der Waals surface area contributed by atoms with Crippen LogP contribution in [0.5, 0.6) is 11.5 Å². The normalized spacial score (nSPS) is 10.9. The Morgan fingerprint density at radius 3 is 2.41 bits per heavy atom. The third-order valence-corrected chi connectivity index (χ3v) is 4.04. The van der Waals surface area contributed by atoms with Crippen molar-refractivity contribution in [2.45, 2.75) is 13.8 Å². The Morgan fingerprint density at radius 2 is 1.67 bits per heavy atom. The topological polar surface area (TPSA) is 59.9 Å². The molecule has 0 radical (unpaired) electrons. The van der Waals surface area contributed by atoms with Gasteiger partial charge in [-0.2, -0.15) is 5.10 Å². The van der Waals surface area contributed by atoms with Gasteiger partial charge >= 0.3 is 0 Å². The molecule has 0 heterocycles. The fraction of sp³-hybridized carbons (Fsp3) is 0.182. The molecule has 0 saturated carbocycles. The van der Waals surface area contributed by atoms with Crippen LogP contribution in [-0.4, -0.2) is 25.8 Å². The number of benzene rings is 3. The fourth-order valence-electron chi connectivity index (χ4n) is 2.83. The number of ether oxygens (including phenoxy) is 2. The van der Waals surface area contributed by atoms with Crippen molar-refractivity contribution in [1.82, 2.24) is 5.43 Å². The van der Waals surface area contributed by atoms with Crippen LogP contribution < -0.4 is 14.9 Å². The summed E-state index contributed by atoms with van der Waals surface area (Å²) in [5.41, 5.74) is 5.56. The molecule has 3 aromatic rings. The van der Waals surface area contributed by atoms with E-state index in [-0.39, 0.29) is 12.5 Å². The number of nitrogens with one attached hydrogen (secondary N) is 1. The maximum atomic E-state index is 11.9. The summed E-state index contributed by atoms with van der Waals surface area (Å²) in [5.74, 6) is 1.19. The van der Waals surface area contributed by atoms with Crippen molar-refractivity contribution in [3.8, 4) is 11.5 Å². The zero-order valence-corrected chi connectivity index (χ0v) is 15.7. The molecule has 3 rings (SSSR count). The minimum atomic E-state index is -0.309. The molecule has 1 N–H and O–H groups in total. The molecule has 0 aromatic heterocycles. The van der Waals surface area contributed by atoms with Gasteiger partial charge in [-0.05, 0) is 71.6 Å². The van der Waals surface area contributed by atoms with Crippen LogP contribution in [0.4, 0.5) is 0 Å². The first kappa shape index (κ1) is 18.5. The highest BCUT2D eigenvalue weighted by molar-refractivity contribution is 5.91. The Kier molecular flexibility index (Phi) is 5.71. The average Bonchev–Trinajstić information content (AvgIpc) is 2.65. The van der Waals surface area contributed by atoms with E-state index in [0.29, 0.717) is 5.75 Å². The average molecular weight is 362 g/mol. The van der Waals surface area contributed by atoms with Gasteiger partial charge < -0.3 is 9.47 Å². The van der Waals surface area contributed by atoms with Crippen LogP contribution in [0.25, 0.3) is 10.8 Å². The first-order valence-electron chi connectivity index (χ1n) is 8.64. The van der Waals surface area contributed by atoms with Gasteiger partial charge in [0.25, 0.3) is 5.91 Å². The smallest absolute Gasteiger partial charge is 0.277 e. The summed E-state index contributed by atoms with van der Waals surface area (Å²) in [6.45, 7) is 3.89. The molecule has 0 fully saturated rings. The van der Waals surface area contributed by atoms with Gasteiger partial charge in [0, 0.05) is 0 Å². The van der Waals surface area contributed by atoms with E-state index in [1.54, 1.807) is 13.3 Å². The maximum absolute atomic E-state index is 11.9. The van der Waals surface area contributed by atoms with Crippen LogP contribution in [0.1, 0.15) is 16.7 Å². The van der Waals surface area contributed by atoms with Crippen LogP contribution in [0, 0.1) is 13.8 Å². The van der Waals surface area contributed by atoms with Gasteiger partial charge in [-0.25, -0.2) is 5.43 Å². The second kappa shape index (κ2) is 8.36. The number of rotatable bonds is 6. The number of hydrazone groups is 1. The Balaban J connectivity index is 1.56. The van der Waals surface area contributed by atoms with Crippen LogP contribution in [0.3, 0.4) is 0 Å². The van der Waals surface area contributed by atoms with Gasteiger partial charge in [-0.15, -0.1) is 0 Å². The molecular formula is C22H22N2O3. The van der Waals surface area contributed by atoms with Crippen LogP contribution in [-0.2, 0) is 4.79 Å². The predicted octanol–water partition coefficient (Wildman–Crippen LogP) is 3.99. The van der Waals surface area contributed by atoms with Gasteiger partial charge in [0.1, 0.15) is 11.5 Å². The quantitative estimate of drug-likeness (QED) is 0.533. The van der Waals surface area contributed by atoms with Crippen molar-refractivity contribution in [3.05, 3.63) is 71.3 Å². The zero-order chi connectivity index (χ0) is 19.2. The van der Waals surface area contributed by atoms with E-state index in [1.807, 2.05) is 62.4 Å². The van der Waals surface area contributed by atoms with Crippen molar-refractivity contribution < 1.29 is 14.3 Å². The standard InChI is InChI=1S/C22H22N2O3/c1-15-8-16(2)10-21(9-15)27-14-22(25)24-23-13-17-4-5-19-12-20(26-3)7-6-18(19)11-17/h4-13H,14H2,1-3H3,(H,24,25)/b23-13-. The highest BCUT2D eigenvalue weighted by atomic mass is 16.5. The van der Waals surface area contributed by atoms with E-state index in [9.17, 15) is 4.79 Å². The Morgan fingerprint density at radius 1 is 0.963 bits per heavy atom. The summed E-state index contributed by atoms with van der Waals surface area (Å²) < 4.78 is 10.7. The van der Waals surface area contributed by atoms with Crippen LogP contribution >= 0.6 is 0 Å². The molecule has 0 aliphatic carbocycles. The van der Waals surface area contributed by atoms with Gasteiger partial charge in [0.2, 0.25) is 0 Å². The van der Waals surface area contributed by atoms with Crippen LogP contribution in [0.2, 0.25) is 0 Å². The summed E-state index contributed by atoms with van der Waals surface area (Å²) >= 11 is 0. The largest absolute Gasteiger partial charge is 0.497 e. The number of carbonyl (C=O) groups excluding carboxylic acids is 1. The monoisotopic (exact) mass is 362 g/mol. The Bertz CT molecular complexity index is 976. The van der Waals surface area contributed by atoms with Crippen molar-refractivity contribution in [2.24, 2.45) is 5.10 Å². The molecule has 27 heavy (non-hydrogen) atoms. The second-order valence-electron chi connectivity index (χ2n) is 6.38. The Labute approximate surface area is 158 Å². The van der Waals surface area contributed by atoms with Gasteiger partial charge in [0.15, 0.2) is 6.61 Å². The van der Waals surface area contributed by atoms with E-state index < -0.39 is 0 Å². The summed E-state index contributed by atoms with van der Waals surface area (Å²) in [6, 6.07) is 17.6. The van der Waals surface area contributed by atoms with Crippen LogP contribution in [0.15, 0.2) is 59.7 Å². The van der Waals surface area contributed by atoms with E-state index in [1.165, 1.54) is 0 Å². The fourth-order valence-corrected chi connectivity index (χ4v) is 2.83. The number of amides is 1. The molecular weight excluding hydrogens is 340 g/mol. The molecule has 1 amide bonds. The maximum Gasteiger partial charge on any atom is 0.277 e. The third kappa shape index (κ3) is 5.07. The molecule has 0 aliphatic heterocycles. The highest BCUT2D eigenvalue weighted by Crippen LogP contribution is 2.21. The first-order valence-corrected chi connectivity index (χ1v) is 8.64. The number of carbonyl (C=O) groups is 1. The lowest BCUT2D eigenvalue weighted by Crippen LogP contribution is -2.24. The second-order valence-corrected chi connectivity index (χ2v) is 6.38. The molecule has 0 atom stereocenters. The van der Waals surface area contributed by atoms with Crippen molar-refractivity contribution in [3.63, 3.8) is 0 Å². The van der Waals surface area contributed by atoms with Crippen molar-refractivity contribution >= 4 is 22.9 Å². The molecule has 0 spiro atoms. The lowest BCUT2D eigenvalue weighted by atomic mass is 10.1. The number of hydrogen-bond donors (Lipinski definition) is 1. The number of hydrogen-bond acceptors (Lipinski definition) is 4. The van der Waals surface area contributed by atoms with E-state index >= 15 is 0 Å². The number of nitrogens with zero attached hydrogens (tertiary/aromatic N) is 1. The molecule has 0 aliphatic rings. The third-order valence-electron chi connectivity index (χ3n) is 4.04. The minimum Gasteiger partial charge on any atom is -0.497 e. The molecule has 5 heteroatoms. The molecule has 3 aromatic carbocycles. The lowest BCUT2D eigenvalue weighted by molar-refractivity contribution is -0.123. The molecule has 0 saturated heterocycles. The number of fused-ring (bicyclic) bond motifs is 1. The number of methoxy groups -OCH3 is 1. The molecule has 5 nitrogen and oxygen atoms in total. The first-order chi connectivity index (χ1) is 13.0. The van der Waals surface area contributed by atoms with E-state index in [0.717, 1.165) is 33.2 Å². The molecule has 138 valence electrons. The summed E-state index contributed by atoms with van der Waals surface area (Å²) in [4.78, 5) is 11.9. The van der Waals surface area contributed by atoms with Gasteiger partial charge in [-0.1, -0.05) is 24.3 Å². The highest BCUT2D eigenvalue weighted by Gasteiger charge is 2.03. The molecule has 0 unspecified atom stereocenters. The molecule has 0 bridgehead atoms. The van der Waals surface area contributed by atoms with Gasteiger partial charge in [0.05, 0.1) is 13.3 Å². The van der Waals surface area contributed by atoms with Crippen molar-refractivity contribution in [1.29, 1.82) is 0 Å². The van der Waals surface area contributed by atoms with E-state index in [2.05, 4.69) is 16.6 Å². The summed E-state index contributed by atoms with van der Waals surface area (Å²) in [7, 11) is 1.65. The summed E-state index contributed by atoms with van der Waals surface area (Å²) in [5, 5.41) is 6.15. The SMILES string of the molecule is COc1ccc2cc(/C=N\NC(=O)COc3cc(C)cc(C)c3)ccc2c1. The predicted molar refractivity (Wildman–Crippen MR) is 108 cm³/mol. The van der Waals surface area contributed by atoms with E-state index in [4.69, 9.17) is 9.47 Å². The van der Waals surface area contributed by atoms with Crippen molar-refractivity contribution in [2.75, 3.05) is 13.7 Å². The lowest BCUT2D eigenvalue weighted by Gasteiger charge is -2.07. The summed E-state index contributed by atoms with van der Waals surface area (Å²) in [6.07, 6.45) is 1.61. The zero-order valence-electron chi connectivity index (χ0n) is 15.7. The minimum absolute atomic E-state index is 0.0856. The van der Waals surface area contributed by atoms with Gasteiger partial charge in [-0.3, -0.25) is 4.79 Å².